The number of rotatable bonds is 4. The molecular formula is C15H23ClN2O. The zero-order valence-corrected chi connectivity index (χ0v) is 12.5. The molecule has 0 bridgehead atoms. The summed E-state index contributed by atoms with van der Waals surface area (Å²) in [5, 5.41) is 3.20. The average molecular weight is 283 g/mol. The number of nitrogens with one attached hydrogen (secondary N) is 1. The molecule has 0 saturated carbocycles. The van der Waals surface area contributed by atoms with E-state index < -0.39 is 0 Å². The summed E-state index contributed by atoms with van der Waals surface area (Å²) in [5.74, 6) is 0.218. The van der Waals surface area contributed by atoms with E-state index in [9.17, 15) is 4.79 Å². The van der Waals surface area contributed by atoms with Crippen molar-refractivity contribution < 1.29 is 4.79 Å². The summed E-state index contributed by atoms with van der Waals surface area (Å²) in [4.78, 5) is 14.3. The van der Waals surface area contributed by atoms with Gasteiger partial charge in [0.15, 0.2) is 0 Å². The van der Waals surface area contributed by atoms with Crippen molar-refractivity contribution in [1.82, 2.24) is 4.90 Å². The van der Waals surface area contributed by atoms with Crippen LogP contribution in [0.15, 0.2) is 30.3 Å². The number of hydrogen-bond donors (Lipinski definition) is 1. The lowest BCUT2D eigenvalue weighted by molar-refractivity contribution is -0.131. The number of anilines is 1. The predicted molar refractivity (Wildman–Crippen MR) is 81.8 cm³/mol. The van der Waals surface area contributed by atoms with Crippen molar-refractivity contribution in [2.45, 2.75) is 45.2 Å². The first-order valence-corrected chi connectivity index (χ1v) is 6.82. The summed E-state index contributed by atoms with van der Waals surface area (Å²) in [7, 11) is 0. The summed E-state index contributed by atoms with van der Waals surface area (Å²) in [6.45, 7) is 4.70. The van der Waals surface area contributed by atoms with Crippen molar-refractivity contribution in [3.05, 3.63) is 30.3 Å². The predicted octanol–water partition coefficient (Wildman–Crippen LogP) is 3.31. The lowest BCUT2D eigenvalue weighted by atomic mass is 10.1. The number of para-hydroxylation sites is 1. The normalized spacial score (nSPS) is 21.9. The van der Waals surface area contributed by atoms with Gasteiger partial charge in [-0.2, -0.15) is 0 Å². The number of carbonyl (C=O) groups excluding carboxylic acids is 1. The van der Waals surface area contributed by atoms with Crippen LogP contribution in [0.3, 0.4) is 0 Å². The van der Waals surface area contributed by atoms with Crippen molar-refractivity contribution >= 4 is 24.0 Å². The lowest BCUT2D eigenvalue weighted by Gasteiger charge is -2.28. The summed E-state index contributed by atoms with van der Waals surface area (Å²) in [5.41, 5.74) is 1.01. The number of benzene rings is 1. The molecule has 4 heteroatoms. The first-order chi connectivity index (χ1) is 8.72. The summed E-state index contributed by atoms with van der Waals surface area (Å²) in [6, 6.07) is 10.7. The Morgan fingerprint density at radius 1 is 1.32 bits per heavy atom. The van der Waals surface area contributed by atoms with E-state index >= 15 is 0 Å². The van der Waals surface area contributed by atoms with E-state index in [0.29, 0.717) is 18.6 Å². The van der Waals surface area contributed by atoms with E-state index in [1.807, 2.05) is 30.3 Å². The molecule has 0 radical (unpaired) electrons. The molecule has 1 aliphatic heterocycles. The number of hydrogen-bond acceptors (Lipinski definition) is 2. The van der Waals surface area contributed by atoms with E-state index in [-0.39, 0.29) is 18.3 Å². The molecule has 1 aromatic carbocycles. The first kappa shape index (κ1) is 15.8. The van der Waals surface area contributed by atoms with E-state index in [1.54, 1.807) is 0 Å². The fourth-order valence-electron chi connectivity index (χ4n) is 2.75. The van der Waals surface area contributed by atoms with Crippen molar-refractivity contribution in [2.75, 3.05) is 11.9 Å². The Balaban J connectivity index is 0.00000180. The van der Waals surface area contributed by atoms with Crippen molar-refractivity contribution in [3.8, 4) is 0 Å². The van der Waals surface area contributed by atoms with Crippen LogP contribution in [0.1, 0.15) is 33.1 Å². The molecule has 106 valence electrons. The number of nitrogens with zero attached hydrogens (tertiary/aromatic N) is 1. The first-order valence-electron chi connectivity index (χ1n) is 6.82. The molecule has 0 spiro atoms. The Kier molecular flexibility index (Phi) is 6.16. The maximum absolute atomic E-state index is 12.3. The van der Waals surface area contributed by atoms with E-state index in [2.05, 4.69) is 24.1 Å². The quantitative estimate of drug-likeness (QED) is 0.919. The highest BCUT2D eigenvalue weighted by Gasteiger charge is 2.32. The zero-order valence-electron chi connectivity index (χ0n) is 11.6. The maximum atomic E-state index is 12.3. The smallest absolute Gasteiger partial charge is 0.242 e. The zero-order chi connectivity index (χ0) is 13.0. The number of halogens is 1. The van der Waals surface area contributed by atoms with Gasteiger partial charge in [-0.25, -0.2) is 0 Å². The Hall–Kier alpha value is -1.22. The molecule has 2 unspecified atom stereocenters. The van der Waals surface area contributed by atoms with Crippen LogP contribution in [0.5, 0.6) is 0 Å². The monoisotopic (exact) mass is 282 g/mol. The van der Waals surface area contributed by atoms with E-state index in [4.69, 9.17) is 0 Å². The second-order valence-electron chi connectivity index (χ2n) is 5.01. The van der Waals surface area contributed by atoms with Crippen LogP contribution in [0.25, 0.3) is 0 Å². The minimum atomic E-state index is 0. The Morgan fingerprint density at radius 3 is 2.63 bits per heavy atom. The SMILES string of the molecule is CCC1CCC(C)N1C(=O)CNc1ccccc1.Cl. The van der Waals surface area contributed by atoms with Crippen LogP contribution in [-0.4, -0.2) is 29.4 Å². The minimum Gasteiger partial charge on any atom is -0.376 e. The highest BCUT2D eigenvalue weighted by Crippen LogP contribution is 2.25. The molecule has 2 rings (SSSR count). The fourth-order valence-corrected chi connectivity index (χ4v) is 2.75. The molecule has 1 heterocycles. The van der Waals surface area contributed by atoms with Crippen LogP contribution in [0.4, 0.5) is 5.69 Å². The Morgan fingerprint density at radius 2 is 2.00 bits per heavy atom. The van der Waals surface area contributed by atoms with Crippen LogP contribution >= 0.6 is 12.4 Å². The molecule has 1 fully saturated rings. The van der Waals surface area contributed by atoms with Crippen molar-refractivity contribution in [3.63, 3.8) is 0 Å². The highest BCUT2D eigenvalue weighted by molar-refractivity contribution is 5.85. The van der Waals surface area contributed by atoms with Crippen molar-refractivity contribution in [2.24, 2.45) is 0 Å². The van der Waals surface area contributed by atoms with Gasteiger partial charge in [0.2, 0.25) is 5.91 Å². The third-order valence-corrected chi connectivity index (χ3v) is 3.76. The van der Waals surface area contributed by atoms with Gasteiger partial charge in [-0.15, -0.1) is 12.4 Å². The largest absolute Gasteiger partial charge is 0.376 e. The topological polar surface area (TPSA) is 32.3 Å². The number of likely N-dealkylation sites (tertiary alicyclic amines) is 1. The van der Waals surface area contributed by atoms with Gasteiger partial charge in [0.25, 0.3) is 0 Å². The Labute approximate surface area is 121 Å². The fraction of sp³-hybridized carbons (Fsp3) is 0.533. The molecule has 1 N–H and O–H groups in total. The molecule has 2 atom stereocenters. The van der Waals surface area contributed by atoms with Gasteiger partial charge in [0, 0.05) is 17.8 Å². The van der Waals surface area contributed by atoms with Gasteiger partial charge >= 0.3 is 0 Å². The Bertz CT molecular complexity index is 396. The number of carbonyl (C=O) groups is 1. The summed E-state index contributed by atoms with van der Waals surface area (Å²) < 4.78 is 0. The van der Waals surface area contributed by atoms with Crippen LogP contribution in [0, 0.1) is 0 Å². The highest BCUT2D eigenvalue weighted by atomic mass is 35.5. The molecule has 0 aromatic heterocycles. The molecule has 1 aromatic rings. The molecule has 1 amide bonds. The molecule has 0 aliphatic carbocycles. The van der Waals surface area contributed by atoms with Gasteiger partial charge in [-0.1, -0.05) is 25.1 Å². The summed E-state index contributed by atoms with van der Waals surface area (Å²) in [6.07, 6.45) is 3.34. The average Bonchev–Trinajstić information content (AvgIpc) is 2.78. The van der Waals surface area contributed by atoms with Crippen LogP contribution in [0.2, 0.25) is 0 Å². The van der Waals surface area contributed by atoms with Gasteiger partial charge in [-0.05, 0) is 38.3 Å². The maximum Gasteiger partial charge on any atom is 0.242 e. The van der Waals surface area contributed by atoms with E-state index in [1.165, 1.54) is 0 Å². The van der Waals surface area contributed by atoms with Gasteiger partial charge in [0.05, 0.1) is 6.54 Å². The minimum absolute atomic E-state index is 0. The van der Waals surface area contributed by atoms with Crippen LogP contribution in [-0.2, 0) is 4.79 Å². The third-order valence-electron chi connectivity index (χ3n) is 3.76. The third kappa shape index (κ3) is 3.87. The van der Waals surface area contributed by atoms with Crippen LogP contribution < -0.4 is 5.32 Å². The van der Waals surface area contributed by atoms with Crippen molar-refractivity contribution in [1.29, 1.82) is 0 Å². The van der Waals surface area contributed by atoms with Gasteiger partial charge in [0.1, 0.15) is 0 Å². The second-order valence-corrected chi connectivity index (χ2v) is 5.01. The molecule has 1 aliphatic rings. The lowest BCUT2D eigenvalue weighted by Crippen LogP contribution is -2.42. The summed E-state index contributed by atoms with van der Waals surface area (Å²) >= 11 is 0. The molecule has 3 nitrogen and oxygen atoms in total. The number of amides is 1. The van der Waals surface area contributed by atoms with Gasteiger partial charge < -0.3 is 10.2 Å². The molecule has 1 saturated heterocycles. The second kappa shape index (κ2) is 7.39. The molecule has 19 heavy (non-hydrogen) atoms. The molecular weight excluding hydrogens is 260 g/mol. The van der Waals surface area contributed by atoms with E-state index in [0.717, 1.165) is 24.9 Å². The standard InChI is InChI=1S/C15H22N2O.ClH/c1-3-14-10-9-12(2)17(14)15(18)11-16-13-7-5-4-6-8-13;/h4-8,12,14,16H,3,9-11H2,1-2H3;1H. The van der Waals surface area contributed by atoms with Gasteiger partial charge in [-0.3, -0.25) is 4.79 Å².